The Bertz CT molecular complexity index is 923. The standard InChI is InChI=1S/C23H32N4O5/c1-6-11-26(12-7-2)18(28)14-27-13-16-19(22(27)29)20(24-23(30)25(16)3)15-9-8-10-17(31-4)21(15)32-5/h8-10,20H,6-7,11-14H2,1-5H3,(H,24,30)/t20-/m1/s1. The minimum absolute atomic E-state index is 0.0180. The number of benzene rings is 1. The number of amides is 4. The number of urea groups is 1. The van der Waals surface area contributed by atoms with Gasteiger partial charge in [0.15, 0.2) is 11.5 Å². The molecule has 0 saturated carbocycles. The van der Waals surface area contributed by atoms with Gasteiger partial charge in [0.2, 0.25) is 5.91 Å². The lowest BCUT2D eigenvalue weighted by Gasteiger charge is -2.31. The van der Waals surface area contributed by atoms with Crippen LogP contribution in [0.4, 0.5) is 4.79 Å². The normalized spacial score (nSPS) is 18.0. The molecular weight excluding hydrogens is 412 g/mol. The molecule has 0 aliphatic carbocycles. The molecule has 2 aliphatic heterocycles. The molecule has 32 heavy (non-hydrogen) atoms. The van der Waals surface area contributed by atoms with E-state index in [-0.39, 0.29) is 30.9 Å². The van der Waals surface area contributed by atoms with Crippen LogP contribution in [0.25, 0.3) is 0 Å². The number of nitrogens with one attached hydrogen (secondary N) is 1. The van der Waals surface area contributed by atoms with Gasteiger partial charge in [-0.2, -0.15) is 0 Å². The Kier molecular flexibility index (Phi) is 7.27. The van der Waals surface area contributed by atoms with Crippen LogP contribution >= 0.6 is 0 Å². The van der Waals surface area contributed by atoms with Gasteiger partial charge >= 0.3 is 6.03 Å². The maximum absolute atomic E-state index is 13.5. The quantitative estimate of drug-likeness (QED) is 0.630. The summed E-state index contributed by atoms with van der Waals surface area (Å²) in [7, 11) is 4.68. The van der Waals surface area contributed by atoms with E-state index < -0.39 is 6.04 Å². The van der Waals surface area contributed by atoms with Crippen molar-refractivity contribution < 1.29 is 23.9 Å². The molecule has 9 heteroatoms. The number of rotatable bonds is 9. The lowest BCUT2D eigenvalue weighted by atomic mass is 9.94. The number of carbonyl (C=O) groups excluding carboxylic acids is 3. The lowest BCUT2D eigenvalue weighted by molar-refractivity contribution is -0.137. The minimum atomic E-state index is -0.700. The average Bonchev–Trinajstić information content (AvgIpc) is 3.11. The van der Waals surface area contributed by atoms with Crippen LogP contribution in [0.3, 0.4) is 0 Å². The maximum atomic E-state index is 13.5. The first-order chi connectivity index (χ1) is 15.4. The van der Waals surface area contributed by atoms with E-state index in [0.29, 0.717) is 41.4 Å². The van der Waals surface area contributed by atoms with Crippen LogP contribution in [0.2, 0.25) is 0 Å². The third kappa shape index (κ3) is 4.24. The van der Waals surface area contributed by atoms with Crippen LogP contribution in [0, 0.1) is 0 Å². The summed E-state index contributed by atoms with van der Waals surface area (Å²) in [5.41, 5.74) is 1.67. The second-order valence-electron chi connectivity index (χ2n) is 7.93. The van der Waals surface area contributed by atoms with Crippen LogP contribution in [0.1, 0.15) is 38.3 Å². The van der Waals surface area contributed by atoms with E-state index in [1.54, 1.807) is 30.1 Å². The van der Waals surface area contributed by atoms with Crippen molar-refractivity contribution in [3.63, 3.8) is 0 Å². The highest BCUT2D eigenvalue weighted by molar-refractivity contribution is 6.03. The van der Waals surface area contributed by atoms with Gasteiger partial charge in [0.1, 0.15) is 6.54 Å². The van der Waals surface area contributed by atoms with Crippen LogP contribution in [-0.4, -0.2) is 80.0 Å². The Morgan fingerprint density at radius 1 is 1.16 bits per heavy atom. The maximum Gasteiger partial charge on any atom is 0.322 e. The number of likely N-dealkylation sites (N-methyl/N-ethyl adjacent to an activating group) is 1. The van der Waals surface area contributed by atoms with E-state index in [1.807, 2.05) is 13.8 Å². The SMILES string of the molecule is CCCN(CCC)C(=O)CN1CC2=C(C1=O)[C@@H](c1cccc(OC)c1OC)NC(=O)N2C. The molecule has 1 N–H and O–H groups in total. The molecule has 0 unspecified atom stereocenters. The van der Waals surface area contributed by atoms with Gasteiger partial charge in [0.25, 0.3) is 5.91 Å². The van der Waals surface area contributed by atoms with Crippen molar-refractivity contribution in [2.45, 2.75) is 32.7 Å². The van der Waals surface area contributed by atoms with Gasteiger partial charge in [-0.15, -0.1) is 0 Å². The monoisotopic (exact) mass is 444 g/mol. The van der Waals surface area contributed by atoms with Crippen molar-refractivity contribution in [1.82, 2.24) is 20.0 Å². The summed E-state index contributed by atoms with van der Waals surface area (Å²) >= 11 is 0. The number of ether oxygens (including phenoxy) is 2. The number of para-hydroxylation sites is 1. The highest BCUT2D eigenvalue weighted by atomic mass is 16.5. The molecule has 3 rings (SSSR count). The Morgan fingerprint density at radius 2 is 1.84 bits per heavy atom. The predicted octanol–water partition coefficient (Wildman–Crippen LogP) is 2.14. The van der Waals surface area contributed by atoms with E-state index in [4.69, 9.17) is 9.47 Å². The zero-order valence-electron chi connectivity index (χ0n) is 19.4. The average molecular weight is 445 g/mol. The molecule has 0 saturated heterocycles. The number of hydrogen-bond acceptors (Lipinski definition) is 5. The number of carbonyl (C=O) groups is 3. The molecule has 4 amide bonds. The summed E-state index contributed by atoms with van der Waals surface area (Å²) in [6.45, 7) is 5.55. The zero-order valence-corrected chi connectivity index (χ0v) is 19.4. The minimum Gasteiger partial charge on any atom is -0.493 e. The molecule has 174 valence electrons. The van der Waals surface area contributed by atoms with Crippen molar-refractivity contribution in [2.24, 2.45) is 0 Å². The van der Waals surface area contributed by atoms with Crippen LogP contribution in [0.5, 0.6) is 11.5 Å². The molecule has 0 radical (unpaired) electrons. The van der Waals surface area contributed by atoms with Crippen LogP contribution in [-0.2, 0) is 9.59 Å². The molecule has 9 nitrogen and oxygen atoms in total. The largest absolute Gasteiger partial charge is 0.493 e. The third-order valence-corrected chi connectivity index (χ3v) is 5.85. The molecule has 1 aromatic carbocycles. The molecule has 0 bridgehead atoms. The van der Waals surface area contributed by atoms with Crippen molar-refractivity contribution in [1.29, 1.82) is 0 Å². The Balaban J connectivity index is 1.93. The zero-order chi connectivity index (χ0) is 23.4. The lowest BCUT2D eigenvalue weighted by Crippen LogP contribution is -2.45. The van der Waals surface area contributed by atoms with Gasteiger partial charge in [-0.25, -0.2) is 4.79 Å². The fourth-order valence-corrected chi connectivity index (χ4v) is 4.29. The summed E-state index contributed by atoms with van der Waals surface area (Å²) in [5, 5.41) is 2.90. The molecule has 0 spiro atoms. The van der Waals surface area contributed by atoms with Gasteiger partial charge in [-0.1, -0.05) is 26.0 Å². The summed E-state index contributed by atoms with van der Waals surface area (Å²) in [6.07, 6.45) is 1.71. The predicted molar refractivity (Wildman–Crippen MR) is 119 cm³/mol. The summed E-state index contributed by atoms with van der Waals surface area (Å²) in [5.74, 6) is 0.617. The van der Waals surface area contributed by atoms with Gasteiger partial charge in [-0.3, -0.25) is 14.5 Å². The molecular formula is C23H32N4O5. The van der Waals surface area contributed by atoms with Crippen molar-refractivity contribution >= 4 is 17.8 Å². The Labute approximate surface area is 188 Å². The van der Waals surface area contributed by atoms with E-state index >= 15 is 0 Å². The van der Waals surface area contributed by atoms with Crippen molar-refractivity contribution in [3.8, 4) is 11.5 Å². The summed E-state index contributed by atoms with van der Waals surface area (Å²) in [4.78, 5) is 43.8. The molecule has 2 heterocycles. The number of methoxy groups -OCH3 is 2. The molecule has 1 aromatic rings. The first-order valence-corrected chi connectivity index (χ1v) is 10.9. The van der Waals surface area contributed by atoms with Crippen LogP contribution < -0.4 is 14.8 Å². The van der Waals surface area contributed by atoms with E-state index in [0.717, 1.165) is 12.8 Å². The first kappa shape index (κ1) is 23.4. The van der Waals surface area contributed by atoms with Gasteiger partial charge in [0.05, 0.1) is 38.1 Å². The number of hydrogen-bond donors (Lipinski definition) is 1. The van der Waals surface area contributed by atoms with E-state index in [1.165, 1.54) is 24.0 Å². The fourth-order valence-electron chi connectivity index (χ4n) is 4.29. The molecule has 0 fully saturated rings. The topological polar surface area (TPSA) is 91.4 Å². The highest BCUT2D eigenvalue weighted by Crippen LogP contribution is 2.42. The van der Waals surface area contributed by atoms with Crippen LogP contribution in [0.15, 0.2) is 29.5 Å². The fraction of sp³-hybridized carbons (Fsp3) is 0.522. The van der Waals surface area contributed by atoms with E-state index in [9.17, 15) is 14.4 Å². The molecule has 1 atom stereocenters. The van der Waals surface area contributed by atoms with Crippen molar-refractivity contribution in [3.05, 3.63) is 35.0 Å². The molecule has 0 aromatic heterocycles. The summed E-state index contributed by atoms with van der Waals surface area (Å²) in [6, 6.07) is 4.32. The van der Waals surface area contributed by atoms with Gasteiger partial charge in [0, 0.05) is 25.7 Å². The first-order valence-electron chi connectivity index (χ1n) is 10.9. The smallest absolute Gasteiger partial charge is 0.322 e. The van der Waals surface area contributed by atoms with E-state index in [2.05, 4.69) is 5.32 Å². The van der Waals surface area contributed by atoms with Gasteiger partial charge < -0.3 is 24.6 Å². The Morgan fingerprint density at radius 3 is 2.44 bits per heavy atom. The second kappa shape index (κ2) is 9.93. The summed E-state index contributed by atoms with van der Waals surface area (Å²) < 4.78 is 10.9. The molecule has 2 aliphatic rings. The van der Waals surface area contributed by atoms with Crippen molar-refractivity contribution in [2.75, 3.05) is 47.4 Å². The third-order valence-electron chi connectivity index (χ3n) is 5.85. The van der Waals surface area contributed by atoms with Gasteiger partial charge in [-0.05, 0) is 18.9 Å². The second-order valence-corrected chi connectivity index (χ2v) is 7.93. The number of nitrogens with zero attached hydrogens (tertiary/aromatic N) is 3. The highest BCUT2D eigenvalue weighted by Gasteiger charge is 2.44. The Hall–Kier alpha value is -3.23.